The van der Waals surface area contributed by atoms with Crippen molar-refractivity contribution in [2.24, 2.45) is 34.8 Å². The van der Waals surface area contributed by atoms with Crippen LogP contribution in [0.3, 0.4) is 0 Å². The van der Waals surface area contributed by atoms with Gasteiger partial charge in [-0.1, -0.05) is 20.3 Å². The molecule has 3 heteroatoms. The first-order chi connectivity index (χ1) is 8.53. The van der Waals surface area contributed by atoms with E-state index in [2.05, 4.69) is 13.8 Å². The molecule has 2 bridgehead atoms. The van der Waals surface area contributed by atoms with Crippen LogP contribution in [0.2, 0.25) is 0 Å². The van der Waals surface area contributed by atoms with E-state index in [0.29, 0.717) is 18.4 Å². The second kappa shape index (κ2) is 5.20. The molecule has 2 aliphatic carbocycles. The van der Waals surface area contributed by atoms with E-state index >= 15 is 0 Å². The van der Waals surface area contributed by atoms with Crippen molar-refractivity contribution in [1.82, 2.24) is 0 Å². The second-order valence-electron chi connectivity index (χ2n) is 6.60. The highest BCUT2D eigenvalue weighted by Gasteiger charge is 2.51. The third kappa shape index (κ3) is 2.18. The Morgan fingerprint density at radius 2 is 2.11 bits per heavy atom. The number of fused-ring (bicyclic) bond motifs is 2. The molecule has 0 saturated heterocycles. The first-order valence-corrected chi connectivity index (χ1v) is 7.45. The summed E-state index contributed by atoms with van der Waals surface area (Å²) in [7, 11) is 0. The van der Waals surface area contributed by atoms with Crippen LogP contribution in [0.5, 0.6) is 0 Å². The van der Waals surface area contributed by atoms with Crippen LogP contribution in [-0.2, 0) is 4.79 Å². The van der Waals surface area contributed by atoms with Gasteiger partial charge in [0.15, 0.2) is 0 Å². The number of nitrogens with two attached hydrogens (primary N) is 1. The summed E-state index contributed by atoms with van der Waals surface area (Å²) >= 11 is 0. The summed E-state index contributed by atoms with van der Waals surface area (Å²) in [6.45, 7) is 5.07. The highest BCUT2D eigenvalue weighted by molar-refractivity contribution is 5.68. The standard InChI is InChI=1S/C15H27NO2/c1-3-12-5-4-11-7-13(6-10(11)2)15(12,9-16)8-14(17)18/h10-13H,3-9,16H2,1-2H3,(H,17,18). The Morgan fingerprint density at radius 3 is 2.67 bits per heavy atom. The Labute approximate surface area is 110 Å². The molecule has 18 heavy (non-hydrogen) atoms. The third-order valence-corrected chi connectivity index (χ3v) is 5.91. The zero-order chi connectivity index (χ0) is 13.3. The van der Waals surface area contributed by atoms with E-state index in [-0.39, 0.29) is 11.8 Å². The fraction of sp³-hybridized carbons (Fsp3) is 0.933. The molecule has 2 fully saturated rings. The summed E-state index contributed by atoms with van der Waals surface area (Å²) in [5.74, 6) is 1.93. The van der Waals surface area contributed by atoms with E-state index in [4.69, 9.17) is 5.73 Å². The molecule has 3 N–H and O–H groups in total. The molecule has 3 nitrogen and oxygen atoms in total. The first kappa shape index (κ1) is 13.9. The Kier molecular flexibility index (Phi) is 4.00. The van der Waals surface area contributed by atoms with Crippen molar-refractivity contribution in [2.45, 2.75) is 52.4 Å². The SMILES string of the molecule is CCC1CCC2CC(CC2C)C1(CN)CC(=O)O. The van der Waals surface area contributed by atoms with Gasteiger partial charge in [0.25, 0.3) is 0 Å². The normalized spacial score (nSPS) is 43.7. The van der Waals surface area contributed by atoms with Crippen molar-refractivity contribution in [2.75, 3.05) is 6.54 Å². The van der Waals surface area contributed by atoms with Gasteiger partial charge in [0.2, 0.25) is 0 Å². The number of carboxylic acids is 1. The van der Waals surface area contributed by atoms with Gasteiger partial charge in [-0.3, -0.25) is 4.79 Å². The molecule has 0 aromatic rings. The fourth-order valence-electron chi connectivity index (χ4n) is 4.83. The van der Waals surface area contributed by atoms with Crippen molar-refractivity contribution in [3.8, 4) is 0 Å². The molecule has 0 heterocycles. The molecule has 0 amide bonds. The van der Waals surface area contributed by atoms with E-state index in [9.17, 15) is 9.90 Å². The molecule has 2 saturated carbocycles. The largest absolute Gasteiger partial charge is 0.481 e. The molecule has 0 radical (unpaired) electrons. The summed E-state index contributed by atoms with van der Waals surface area (Å²) in [6.07, 6.45) is 6.19. The molecule has 0 aromatic heterocycles. The van der Waals surface area contributed by atoms with Crippen molar-refractivity contribution < 1.29 is 9.90 Å². The Bertz CT molecular complexity index is 318. The zero-order valence-corrected chi connectivity index (χ0v) is 11.7. The molecule has 0 aliphatic heterocycles. The third-order valence-electron chi connectivity index (χ3n) is 5.91. The smallest absolute Gasteiger partial charge is 0.303 e. The molecular weight excluding hydrogens is 226 g/mol. The lowest BCUT2D eigenvalue weighted by atomic mass is 9.62. The van der Waals surface area contributed by atoms with E-state index in [0.717, 1.165) is 18.3 Å². The van der Waals surface area contributed by atoms with Crippen LogP contribution in [0.15, 0.2) is 0 Å². The van der Waals surface area contributed by atoms with E-state index in [1.54, 1.807) is 0 Å². The monoisotopic (exact) mass is 253 g/mol. The van der Waals surface area contributed by atoms with Gasteiger partial charge in [0.1, 0.15) is 0 Å². The maximum atomic E-state index is 11.3. The predicted octanol–water partition coefficient (Wildman–Crippen LogP) is 2.89. The fourth-order valence-corrected chi connectivity index (χ4v) is 4.83. The summed E-state index contributed by atoms with van der Waals surface area (Å²) in [5.41, 5.74) is 5.95. The van der Waals surface area contributed by atoms with Crippen LogP contribution >= 0.6 is 0 Å². The van der Waals surface area contributed by atoms with Gasteiger partial charge >= 0.3 is 5.97 Å². The maximum Gasteiger partial charge on any atom is 0.303 e. The highest BCUT2D eigenvalue weighted by Crippen LogP contribution is 2.56. The van der Waals surface area contributed by atoms with Gasteiger partial charge in [-0.05, 0) is 61.3 Å². The molecule has 5 unspecified atom stereocenters. The van der Waals surface area contributed by atoms with E-state index < -0.39 is 5.97 Å². The number of hydrogen-bond acceptors (Lipinski definition) is 2. The zero-order valence-electron chi connectivity index (χ0n) is 11.7. The van der Waals surface area contributed by atoms with Crippen LogP contribution in [0.4, 0.5) is 0 Å². The summed E-state index contributed by atoms with van der Waals surface area (Å²) in [4.78, 5) is 11.3. The van der Waals surface area contributed by atoms with Gasteiger partial charge in [-0.15, -0.1) is 0 Å². The van der Waals surface area contributed by atoms with Gasteiger partial charge in [-0.2, -0.15) is 0 Å². The topological polar surface area (TPSA) is 63.3 Å². The lowest BCUT2D eigenvalue weighted by Gasteiger charge is -2.43. The lowest BCUT2D eigenvalue weighted by Crippen LogP contribution is -2.45. The lowest BCUT2D eigenvalue weighted by molar-refractivity contribution is -0.142. The predicted molar refractivity (Wildman–Crippen MR) is 72.1 cm³/mol. The summed E-state index contributed by atoms with van der Waals surface area (Å²) in [5, 5.41) is 9.30. The Hall–Kier alpha value is -0.570. The number of carboxylic acid groups (broad SMARTS) is 1. The minimum atomic E-state index is -0.670. The first-order valence-electron chi connectivity index (χ1n) is 7.45. The van der Waals surface area contributed by atoms with Crippen LogP contribution in [0.25, 0.3) is 0 Å². The summed E-state index contributed by atoms with van der Waals surface area (Å²) in [6, 6.07) is 0. The minimum Gasteiger partial charge on any atom is -0.481 e. The van der Waals surface area contributed by atoms with E-state index in [1.165, 1.54) is 25.7 Å². The van der Waals surface area contributed by atoms with Crippen LogP contribution in [0.1, 0.15) is 52.4 Å². The van der Waals surface area contributed by atoms with Crippen LogP contribution in [0, 0.1) is 29.1 Å². The number of hydrogen-bond donors (Lipinski definition) is 2. The van der Waals surface area contributed by atoms with Crippen LogP contribution in [-0.4, -0.2) is 17.6 Å². The van der Waals surface area contributed by atoms with Crippen molar-refractivity contribution in [1.29, 1.82) is 0 Å². The molecule has 5 atom stereocenters. The number of carbonyl (C=O) groups is 1. The molecule has 0 aromatic carbocycles. The van der Waals surface area contributed by atoms with Gasteiger partial charge in [0.05, 0.1) is 6.42 Å². The molecule has 0 spiro atoms. The van der Waals surface area contributed by atoms with Gasteiger partial charge in [0, 0.05) is 0 Å². The average molecular weight is 253 g/mol. The van der Waals surface area contributed by atoms with E-state index in [1.807, 2.05) is 0 Å². The number of aliphatic carboxylic acids is 1. The van der Waals surface area contributed by atoms with Gasteiger partial charge < -0.3 is 10.8 Å². The Morgan fingerprint density at radius 1 is 1.39 bits per heavy atom. The minimum absolute atomic E-state index is 0.139. The second-order valence-corrected chi connectivity index (χ2v) is 6.60. The van der Waals surface area contributed by atoms with Crippen molar-refractivity contribution in [3.05, 3.63) is 0 Å². The molecule has 2 rings (SSSR count). The van der Waals surface area contributed by atoms with Crippen molar-refractivity contribution >= 4 is 5.97 Å². The highest BCUT2D eigenvalue weighted by atomic mass is 16.4. The summed E-state index contributed by atoms with van der Waals surface area (Å²) < 4.78 is 0. The average Bonchev–Trinajstić information content (AvgIpc) is 2.61. The molecule has 104 valence electrons. The number of rotatable bonds is 4. The maximum absolute atomic E-state index is 11.3. The Balaban J connectivity index is 2.32. The molecular formula is C15H27NO2. The molecule has 2 aliphatic rings. The quantitative estimate of drug-likeness (QED) is 0.809. The van der Waals surface area contributed by atoms with Crippen molar-refractivity contribution in [3.63, 3.8) is 0 Å². The van der Waals surface area contributed by atoms with Gasteiger partial charge in [-0.25, -0.2) is 0 Å². The van der Waals surface area contributed by atoms with Crippen LogP contribution < -0.4 is 5.73 Å².